The number of H-pyrrole nitrogens is 1. The topological polar surface area (TPSA) is 79.4 Å². The number of carbonyl (C=O) groups is 1. The minimum Gasteiger partial charge on any atom is -0.496 e. The van der Waals surface area contributed by atoms with Crippen LogP contribution in [0.5, 0.6) is 5.75 Å². The number of ether oxygens (including phenoxy) is 1. The van der Waals surface area contributed by atoms with Crippen molar-refractivity contribution in [3.8, 4) is 17.0 Å². The Hall–Kier alpha value is -2.93. The van der Waals surface area contributed by atoms with E-state index < -0.39 is 0 Å². The fourth-order valence-corrected chi connectivity index (χ4v) is 2.72. The standard InChI is InChI=1S/C19H17BrN4O2/c1-12-3-5-13(6-4-12)16-10-17(23-22-16)19(25)24-21-11-14-9-15(20)7-8-18(14)26-2/h3-11H,1-2H3,(H,22,23)(H,24,25). The summed E-state index contributed by atoms with van der Waals surface area (Å²) < 4.78 is 6.15. The van der Waals surface area contributed by atoms with Gasteiger partial charge in [0.25, 0.3) is 5.91 Å². The van der Waals surface area contributed by atoms with Crippen LogP contribution in [-0.4, -0.2) is 29.4 Å². The number of nitrogens with one attached hydrogen (secondary N) is 2. The first-order valence-electron chi connectivity index (χ1n) is 7.86. The van der Waals surface area contributed by atoms with E-state index in [-0.39, 0.29) is 5.91 Å². The van der Waals surface area contributed by atoms with Crippen molar-refractivity contribution >= 4 is 28.1 Å². The van der Waals surface area contributed by atoms with Crippen molar-refractivity contribution in [1.29, 1.82) is 0 Å². The first kappa shape index (κ1) is 17.9. The van der Waals surface area contributed by atoms with Crippen LogP contribution >= 0.6 is 15.9 Å². The van der Waals surface area contributed by atoms with Crippen molar-refractivity contribution in [2.24, 2.45) is 5.10 Å². The molecule has 2 aromatic carbocycles. The third kappa shape index (κ3) is 4.18. The van der Waals surface area contributed by atoms with Gasteiger partial charge in [-0.2, -0.15) is 10.2 Å². The van der Waals surface area contributed by atoms with Gasteiger partial charge in [0.05, 0.1) is 19.0 Å². The number of aromatic amines is 1. The highest BCUT2D eigenvalue weighted by Gasteiger charge is 2.10. The molecule has 1 amide bonds. The Morgan fingerprint density at radius 3 is 2.73 bits per heavy atom. The highest BCUT2D eigenvalue weighted by atomic mass is 79.9. The smallest absolute Gasteiger partial charge is 0.289 e. The predicted octanol–water partition coefficient (Wildman–Crippen LogP) is 3.92. The van der Waals surface area contributed by atoms with Gasteiger partial charge in [0.2, 0.25) is 0 Å². The molecule has 0 aliphatic rings. The molecule has 3 aromatic rings. The molecule has 0 aliphatic heterocycles. The molecule has 0 bridgehead atoms. The number of amides is 1. The number of benzene rings is 2. The van der Waals surface area contributed by atoms with Crippen molar-refractivity contribution in [3.05, 3.63) is 69.8 Å². The molecule has 26 heavy (non-hydrogen) atoms. The van der Waals surface area contributed by atoms with Crippen LogP contribution in [0, 0.1) is 6.92 Å². The quantitative estimate of drug-likeness (QED) is 0.492. The molecule has 7 heteroatoms. The number of hydrogen-bond donors (Lipinski definition) is 2. The van der Waals surface area contributed by atoms with E-state index >= 15 is 0 Å². The molecule has 0 fully saturated rings. The van der Waals surface area contributed by atoms with Crippen LogP contribution in [0.15, 0.2) is 58.1 Å². The van der Waals surface area contributed by atoms with Crippen molar-refractivity contribution < 1.29 is 9.53 Å². The highest BCUT2D eigenvalue weighted by Crippen LogP contribution is 2.21. The summed E-state index contributed by atoms with van der Waals surface area (Å²) in [4.78, 5) is 12.2. The maximum Gasteiger partial charge on any atom is 0.289 e. The van der Waals surface area contributed by atoms with E-state index in [1.807, 2.05) is 49.4 Å². The van der Waals surface area contributed by atoms with E-state index in [0.29, 0.717) is 17.1 Å². The average molecular weight is 413 g/mol. The molecule has 2 N–H and O–H groups in total. The number of halogens is 1. The summed E-state index contributed by atoms with van der Waals surface area (Å²) in [6.07, 6.45) is 1.53. The monoisotopic (exact) mass is 412 g/mol. The van der Waals surface area contributed by atoms with Gasteiger partial charge >= 0.3 is 0 Å². The molecule has 1 aromatic heterocycles. The lowest BCUT2D eigenvalue weighted by molar-refractivity contribution is 0.0950. The molecular formula is C19H17BrN4O2. The fourth-order valence-electron chi connectivity index (χ4n) is 2.34. The summed E-state index contributed by atoms with van der Waals surface area (Å²) in [5.41, 5.74) is 6.36. The van der Waals surface area contributed by atoms with Gasteiger partial charge in [0.15, 0.2) is 0 Å². The van der Waals surface area contributed by atoms with Gasteiger partial charge in [-0.3, -0.25) is 9.89 Å². The van der Waals surface area contributed by atoms with Gasteiger partial charge < -0.3 is 4.74 Å². The molecule has 0 spiro atoms. The van der Waals surface area contributed by atoms with Crippen LogP contribution in [0.25, 0.3) is 11.3 Å². The summed E-state index contributed by atoms with van der Waals surface area (Å²) >= 11 is 3.39. The summed E-state index contributed by atoms with van der Waals surface area (Å²) in [6, 6.07) is 15.1. The first-order valence-corrected chi connectivity index (χ1v) is 8.65. The van der Waals surface area contributed by atoms with Crippen LogP contribution in [0.3, 0.4) is 0 Å². The minimum absolute atomic E-state index is 0.332. The molecule has 0 unspecified atom stereocenters. The molecule has 6 nitrogen and oxygen atoms in total. The second-order valence-electron chi connectivity index (χ2n) is 5.62. The third-order valence-electron chi connectivity index (χ3n) is 3.73. The Morgan fingerprint density at radius 1 is 1.23 bits per heavy atom. The summed E-state index contributed by atoms with van der Waals surface area (Å²) in [5, 5.41) is 10.9. The number of hydrogen-bond acceptors (Lipinski definition) is 4. The minimum atomic E-state index is -0.374. The molecule has 3 rings (SSSR count). The number of nitrogens with zero attached hydrogens (tertiary/aromatic N) is 2. The lowest BCUT2D eigenvalue weighted by atomic mass is 10.1. The molecule has 0 radical (unpaired) electrons. The van der Waals surface area contributed by atoms with Gasteiger partial charge in [0, 0.05) is 15.6 Å². The van der Waals surface area contributed by atoms with Gasteiger partial charge in [-0.05, 0) is 31.2 Å². The molecular weight excluding hydrogens is 396 g/mol. The number of rotatable bonds is 5. The fraction of sp³-hybridized carbons (Fsp3) is 0.105. The maximum absolute atomic E-state index is 12.2. The van der Waals surface area contributed by atoms with Gasteiger partial charge in [-0.1, -0.05) is 45.8 Å². The largest absolute Gasteiger partial charge is 0.496 e. The zero-order valence-electron chi connectivity index (χ0n) is 14.3. The number of methoxy groups -OCH3 is 1. The zero-order chi connectivity index (χ0) is 18.5. The molecule has 132 valence electrons. The van der Waals surface area contributed by atoms with E-state index in [1.54, 1.807) is 13.2 Å². The molecule has 0 saturated heterocycles. The normalized spacial score (nSPS) is 10.9. The van der Waals surface area contributed by atoms with E-state index in [0.717, 1.165) is 15.6 Å². The van der Waals surface area contributed by atoms with Crippen LogP contribution in [0.1, 0.15) is 21.6 Å². The van der Waals surface area contributed by atoms with Crippen molar-refractivity contribution in [2.45, 2.75) is 6.92 Å². The van der Waals surface area contributed by atoms with E-state index in [9.17, 15) is 4.79 Å². The first-order chi connectivity index (χ1) is 12.6. The van der Waals surface area contributed by atoms with E-state index in [2.05, 4.69) is 36.7 Å². The Balaban J connectivity index is 1.69. The number of hydrazone groups is 1. The summed E-state index contributed by atoms with van der Waals surface area (Å²) in [7, 11) is 1.58. The summed E-state index contributed by atoms with van der Waals surface area (Å²) in [6.45, 7) is 2.02. The van der Waals surface area contributed by atoms with Crippen LogP contribution in [0.2, 0.25) is 0 Å². The molecule has 0 atom stereocenters. The van der Waals surface area contributed by atoms with Crippen molar-refractivity contribution in [2.75, 3.05) is 7.11 Å². The Kier molecular flexibility index (Phi) is 5.48. The van der Waals surface area contributed by atoms with E-state index in [4.69, 9.17) is 4.74 Å². The molecule has 0 aliphatic carbocycles. The SMILES string of the molecule is COc1ccc(Br)cc1C=NNC(=O)c1cc(-c2ccc(C)cc2)n[nH]1. The maximum atomic E-state index is 12.2. The second kappa shape index (κ2) is 7.97. The summed E-state index contributed by atoms with van der Waals surface area (Å²) in [5.74, 6) is 0.287. The van der Waals surface area contributed by atoms with Crippen LogP contribution in [0.4, 0.5) is 0 Å². The zero-order valence-corrected chi connectivity index (χ0v) is 15.9. The molecule has 1 heterocycles. The lowest BCUT2D eigenvalue weighted by Gasteiger charge is -2.04. The van der Waals surface area contributed by atoms with Gasteiger partial charge in [0.1, 0.15) is 11.4 Å². The highest BCUT2D eigenvalue weighted by molar-refractivity contribution is 9.10. The Labute approximate surface area is 159 Å². The number of aromatic nitrogens is 2. The Bertz CT molecular complexity index is 948. The van der Waals surface area contributed by atoms with Crippen molar-refractivity contribution in [3.63, 3.8) is 0 Å². The third-order valence-corrected chi connectivity index (χ3v) is 4.22. The van der Waals surface area contributed by atoms with Crippen molar-refractivity contribution in [1.82, 2.24) is 15.6 Å². The number of aryl methyl sites for hydroxylation is 1. The van der Waals surface area contributed by atoms with Gasteiger partial charge in [-0.15, -0.1) is 0 Å². The average Bonchev–Trinajstić information content (AvgIpc) is 3.13. The van der Waals surface area contributed by atoms with Crippen LogP contribution < -0.4 is 10.2 Å². The van der Waals surface area contributed by atoms with Gasteiger partial charge in [-0.25, -0.2) is 5.43 Å². The van der Waals surface area contributed by atoms with E-state index in [1.165, 1.54) is 11.8 Å². The molecule has 0 saturated carbocycles. The Morgan fingerprint density at radius 2 is 2.00 bits per heavy atom. The predicted molar refractivity (Wildman–Crippen MR) is 105 cm³/mol. The number of carbonyl (C=O) groups excluding carboxylic acids is 1. The second-order valence-corrected chi connectivity index (χ2v) is 6.53. The lowest BCUT2D eigenvalue weighted by Crippen LogP contribution is -2.18. The van der Waals surface area contributed by atoms with Crippen LogP contribution in [-0.2, 0) is 0 Å².